The van der Waals surface area contributed by atoms with Crippen molar-refractivity contribution in [1.29, 1.82) is 0 Å². The Labute approximate surface area is 188 Å². The number of nitrogens with zero attached hydrogens (tertiary/aromatic N) is 1. The van der Waals surface area contributed by atoms with Crippen molar-refractivity contribution in [3.63, 3.8) is 0 Å². The van der Waals surface area contributed by atoms with Gasteiger partial charge in [-0.1, -0.05) is 60.1 Å². The van der Waals surface area contributed by atoms with E-state index in [1.807, 2.05) is 67.5 Å². The van der Waals surface area contributed by atoms with Gasteiger partial charge in [-0.05, 0) is 48.6 Å². The molecule has 0 radical (unpaired) electrons. The monoisotopic (exact) mass is 459 g/mol. The second kappa shape index (κ2) is 10.2. The van der Waals surface area contributed by atoms with Crippen LogP contribution in [0, 0.1) is 0 Å². The van der Waals surface area contributed by atoms with Crippen molar-refractivity contribution >= 4 is 38.3 Å². The molecule has 0 aliphatic heterocycles. The van der Waals surface area contributed by atoms with Gasteiger partial charge in [0.15, 0.2) is 0 Å². The van der Waals surface area contributed by atoms with Crippen molar-refractivity contribution in [3.05, 3.63) is 77.3 Å². The highest BCUT2D eigenvalue weighted by molar-refractivity contribution is 7.89. The molecule has 0 aliphatic carbocycles. The molecular formula is C23H26ClN3O3S. The summed E-state index contributed by atoms with van der Waals surface area (Å²) in [6.07, 6.45) is 0.0372. The Morgan fingerprint density at radius 1 is 1.00 bits per heavy atom. The molecule has 31 heavy (non-hydrogen) atoms. The van der Waals surface area contributed by atoms with E-state index in [1.165, 1.54) is 0 Å². The van der Waals surface area contributed by atoms with Crippen LogP contribution in [0.3, 0.4) is 0 Å². The van der Waals surface area contributed by atoms with Crippen molar-refractivity contribution < 1.29 is 13.2 Å². The summed E-state index contributed by atoms with van der Waals surface area (Å²) in [5, 5.41) is 5.32. The maximum atomic E-state index is 12.6. The topological polar surface area (TPSA) is 78.5 Å². The SMILES string of the molecule is CN(C)[C@@H](CNC(=O)CCNS(=O)(=O)c1ccc2ccccc2c1)c1ccccc1Cl. The number of halogens is 1. The molecule has 0 unspecified atom stereocenters. The van der Waals surface area contributed by atoms with Gasteiger partial charge in [0.2, 0.25) is 15.9 Å². The number of carbonyl (C=O) groups is 1. The Hall–Kier alpha value is -2.45. The summed E-state index contributed by atoms with van der Waals surface area (Å²) in [6.45, 7) is 0.382. The number of likely N-dealkylation sites (N-methyl/N-ethyl adjacent to an activating group) is 1. The lowest BCUT2D eigenvalue weighted by molar-refractivity contribution is -0.121. The molecule has 8 heteroatoms. The van der Waals surface area contributed by atoms with E-state index in [0.717, 1.165) is 16.3 Å². The molecular weight excluding hydrogens is 434 g/mol. The number of fused-ring (bicyclic) bond motifs is 1. The summed E-state index contributed by atoms with van der Waals surface area (Å²) in [7, 11) is 0.133. The number of rotatable bonds is 9. The summed E-state index contributed by atoms with van der Waals surface area (Å²) in [6, 6.07) is 19.9. The van der Waals surface area contributed by atoms with Gasteiger partial charge in [0.05, 0.1) is 10.9 Å². The largest absolute Gasteiger partial charge is 0.354 e. The van der Waals surface area contributed by atoms with Gasteiger partial charge in [-0.3, -0.25) is 4.79 Å². The molecule has 1 atom stereocenters. The second-order valence-corrected chi connectivity index (χ2v) is 9.64. The highest BCUT2D eigenvalue weighted by atomic mass is 35.5. The first-order valence-electron chi connectivity index (χ1n) is 9.94. The summed E-state index contributed by atoms with van der Waals surface area (Å²) in [5.74, 6) is -0.236. The Balaban J connectivity index is 1.54. The zero-order chi connectivity index (χ0) is 22.4. The molecule has 1 amide bonds. The maximum absolute atomic E-state index is 12.6. The molecule has 3 aromatic carbocycles. The Morgan fingerprint density at radius 3 is 2.39 bits per heavy atom. The summed E-state index contributed by atoms with van der Waals surface area (Å²) in [4.78, 5) is 14.4. The quantitative estimate of drug-likeness (QED) is 0.512. The van der Waals surface area contributed by atoms with Crippen molar-refractivity contribution in [2.75, 3.05) is 27.2 Å². The fourth-order valence-corrected chi connectivity index (χ4v) is 4.66. The van der Waals surface area contributed by atoms with Gasteiger partial charge in [0, 0.05) is 24.5 Å². The van der Waals surface area contributed by atoms with Gasteiger partial charge < -0.3 is 10.2 Å². The van der Waals surface area contributed by atoms with E-state index in [1.54, 1.807) is 18.2 Å². The Morgan fingerprint density at radius 2 is 1.68 bits per heavy atom. The lowest BCUT2D eigenvalue weighted by Gasteiger charge is -2.26. The first kappa shape index (κ1) is 23.2. The standard InChI is InChI=1S/C23H26ClN3O3S/c1-27(2)22(20-9-5-6-10-21(20)24)16-25-23(28)13-14-26-31(29,30)19-12-11-17-7-3-4-8-18(17)15-19/h3-12,15,22,26H,13-14,16H2,1-2H3,(H,25,28)/t22-/m0/s1. The minimum absolute atomic E-state index is 0.0136. The number of hydrogen-bond donors (Lipinski definition) is 2. The van der Waals surface area contributed by atoms with Gasteiger partial charge in [-0.15, -0.1) is 0 Å². The number of hydrogen-bond acceptors (Lipinski definition) is 4. The third kappa shape index (κ3) is 6.04. The van der Waals surface area contributed by atoms with Crippen LogP contribution >= 0.6 is 11.6 Å². The Bertz CT molecular complexity index is 1170. The number of carbonyl (C=O) groups excluding carboxylic acids is 1. The first-order valence-corrected chi connectivity index (χ1v) is 11.8. The predicted octanol–water partition coefficient (Wildman–Crippen LogP) is 3.58. The van der Waals surface area contributed by atoms with E-state index in [4.69, 9.17) is 11.6 Å². The molecule has 0 bridgehead atoms. The van der Waals surface area contributed by atoms with Crippen LogP contribution in [-0.4, -0.2) is 46.4 Å². The lowest BCUT2D eigenvalue weighted by atomic mass is 10.1. The fourth-order valence-electron chi connectivity index (χ4n) is 3.33. The number of nitrogens with one attached hydrogen (secondary N) is 2. The third-order valence-electron chi connectivity index (χ3n) is 5.06. The van der Waals surface area contributed by atoms with Crippen molar-refractivity contribution in [3.8, 4) is 0 Å². The van der Waals surface area contributed by atoms with Crippen LogP contribution in [0.15, 0.2) is 71.6 Å². The highest BCUT2D eigenvalue weighted by Gasteiger charge is 2.18. The zero-order valence-corrected chi connectivity index (χ0v) is 19.1. The molecule has 0 aliphatic rings. The fraction of sp³-hybridized carbons (Fsp3) is 0.261. The van der Waals surface area contributed by atoms with Crippen LogP contribution in [0.4, 0.5) is 0 Å². The van der Waals surface area contributed by atoms with E-state index >= 15 is 0 Å². The smallest absolute Gasteiger partial charge is 0.240 e. The van der Waals surface area contributed by atoms with Crippen molar-refractivity contribution in [2.45, 2.75) is 17.4 Å². The van der Waals surface area contributed by atoms with Gasteiger partial charge in [-0.25, -0.2) is 13.1 Å². The molecule has 0 saturated carbocycles. The van der Waals surface area contributed by atoms with Crippen LogP contribution < -0.4 is 10.0 Å². The number of benzene rings is 3. The van der Waals surface area contributed by atoms with E-state index in [-0.39, 0.29) is 29.8 Å². The third-order valence-corrected chi connectivity index (χ3v) is 6.86. The number of sulfonamides is 1. The summed E-state index contributed by atoms with van der Waals surface area (Å²) in [5.41, 5.74) is 0.923. The van der Waals surface area contributed by atoms with Gasteiger partial charge in [-0.2, -0.15) is 0 Å². The Kier molecular flexibility index (Phi) is 7.67. The normalized spacial score (nSPS) is 12.8. The molecule has 0 spiro atoms. The highest BCUT2D eigenvalue weighted by Crippen LogP contribution is 2.25. The van der Waals surface area contributed by atoms with E-state index in [0.29, 0.717) is 11.6 Å². The number of amides is 1. The minimum Gasteiger partial charge on any atom is -0.354 e. The van der Waals surface area contributed by atoms with Crippen LogP contribution in [-0.2, 0) is 14.8 Å². The van der Waals surface area contributed by atoms with Crippen molar-refractivity contribution in [2.24, 2.45) is 0 Å². The van der Waals surface area contributed by atoms with Crippen LogP contribution in [0.1, 0.15) is 18.0 Å². The average Bonchev–Trinajstić information content (AvgIpc) is 2.74. The van der Waals surface area contributed by atoms with Crippen LogP contribution in [0.2, 0.25) is 5.02 Å². The van der Waals surface area contributed by atoms with Gasteiger partial charge in [0.25, 0.3) is 0 Å². The van der Waals surface area contributed by atoms with Gasteiger partial charge >= 0.3 is 0 Å². The molecule has 0 aromatic heterocycles. The molecule has 0 saturated heterocycles. The van der Waals surface area contributed by atoms with Crippen LogP contribution in [0.5, 0.6) is 0 Å². The predicted molar refractivity (Wildman–Crippen MR) is 125 cm³/mol. The summed E-state index contributed by atoms with van der Waals surface area (Å²) < 4.78 is 27.6. The van der Waals surface area contributed by atoms with Crippen molar-refractivity contribution in [1.82, 2.24) is 14.9 Å². The van der Waals surface area contributed by atoms with E-state index in [2.05, 4.69) is 10.0 Å². The molecule has 0 heterocycles. The molecule has 164 valence electrons. The molecule has 3 aromatic rings. The molecule has 6 nitrogen and oxygen atoms in total. The van der Waals surface area contributed by atoms with E-state index in [9.17, 15) is 13.2 Å². The second-order valence-electron chi connectivity index (χ2n) is 7.46. The van der Waals surface area contributed by atoms with E-state index < -0.39 is 10.0 Å². The molecule has 2 N–H and O–H groups in total. The molecule has 0 fully saturated rings. The first-order chi connectivity index (χ1) is 14.8. The van der Waals surface area contributed by atoms with Gasteiger partial charge in [0.1, 0.15) is 0 Å². The van der Waals surface area contributed by atoms with Crippen LogP contribution in [0.25, 0.3) is 10.8 Å². The minimum atomic E-state index is -3.70. The summed E-state index contributed by atoms with van der Waals surface area (Å²) >= 11 is 6.29. The maximum Gasteiger partial charge on any atom is 0.240 e. The average molecular weight is 460 g/mol. The lowest BCUT2D eigenvalue weighted by Crippen LogP contribution is -2.36. The zero-order valence-electron chi connectivity index (χ0n) is 17.5. The molecule has 3 rings (SSSR count).